The Morgan fingerprint density at radius 2 is 2.31 bits per heavy atom. The van der Waals surface area contributed by atoms with Crippen LogP contribution in [0.5, 0.6) is 0 Å². The van der Waals surface area contributed by atoms with Gasteiger partial charge in [-0.15, -0.1) is 0 Å². The molecule has 4 nitrogen and oxygen atoms in total. The van der Waals surface area contributed by atoms with Gasteiger partial charge >= 0.3 is 0 Å². The van der Waals surface area contributed by atoms with Crippen LogP contribution in [0, 0.1) is 0 Å². The molecule has 0 aromatic carbocycles. The lowest BCUT2D eigenvalue weighted by Crippen LogP contribution is -2.43. The quantitative estimate of drug-likeness (QED) is 0.690. The number of alkyl halides is 1. The van der Waals surface area contributed by atoms with Crippen LogP contribution in [-0.4, -0.2) is 23.2 Å². The first-order chi connectivity index (χ1) is 6.12. The van der Waals surface area contributed by atoms with Gasteiger partial charge in [0, 0.05) is 6.20 Å². The lowest BCUT2D eigenvalue weighted by atomic mass is 9.96. The second-order valence-corrected chi connectivity index (χ2v) is 3.23. The van der Waals surface area contributed by atoms with Crippen LogP contribution in [0.15, 0.2) is 6.20 Å². The fourth-order valence-electron chi connectivity index (χ4n) is 1.15. The smallest absolute Gasteiger partial charge is 0.224 e. The Kier molecular flexibility index (Phi) is 1.85. The molecule has 0 unspecified atom stereocenters. The average Bonchev–Trinajstić information content (AvgIpc) is 2.00. The van der Waals surface area contributed by atoms with Crippen LogP contribution >= 0.6 is 11.6 Å². The number of halogens is 2. The highest BCUT2D eigenvalue weighted by Crippen LogP contribution is 2.36. The number of hydrogen-bond donors (Lipinski definition) is 1. The summed E-state index contributed by atoms with van der Waals surface area (Å²) in [6.45, 7) is 0.00435. The molecule has 0 atom stereocenters. The van der Waals surface area contributed by atoms with Crippen LogP contribution < -0.4 is 5.73 Å². The van der Waals surface area contributed by atoms with E-state index in [2.05, 4.69) is 9.97 Å². The van der Waals surface area contributed by atoms with Crippen molar-refractivity contribution in [3.8, 4) is 0 Å². The molecule has 1 aromatic rings. The van der Waals surface area contributed by atoms with E-state index in [0.29, 0.717) is 0 Å². The van der Waals surface area contributed by atoms with E-state index in [1.807, 2.05) is 0 Å². The summed E-state index contributed by atoms with van der Waals surface area (Å²) in [6, 6.07) is 0. The van der Waals surface area contributed by atoms with Crippen molar-refractivity contribution in [3.05, 3.63) is 17.0 Å². The molecule has 1 fully saturated rings. The van der Waals surface area contributed by atoms with Gasteiger partial charge in [-0.3, -0.25) is 0 Å². The minimum absolute atomic E-state index is 0.00217. The highest BCUT2D eigenvalue weighted by atomic mass is 35.5. The molecule has 0 amide bonds. The summed E-state index contributed by atoms with van der Waals surface area (Å²) < 4.78 is 18.5. The molecular formula is C7H7ClFN3O. The summed E-state index contributed by atoms with van der Waals surface area (Å²) in [4.78, 5) is 7.33. The number of aromatic nitrogens is 2. The van der Waals surface area contributed by atoms with Crippen molar-refractivity contribution in [2.45, 2.75) is 5.67 Å². The molecule has 70 valence electrons. The summed E-state index contributed by atoms with van der Waals surface area (Å²) in [6.07, 6.45) is 1.30. The van der Waals surface area contributed by atoms with Gasteiger partial charge in [-0.25, -0.2) is 14.4 Å². The number of nitrogen functional groups attached to an aromatic ring is 1. The molecule has 1 aliphatic rings. The normalized spacial score (nSPS) is 19.5. The third kappa shape index (κ3) is 1.34. The molecule has 0 aliphatic carbocycles. The predicted molar refractivity (Wildman–Crippen MR) is 45.1 cm³/mol. The van der Waals surface area contributed by atoms with Crippen LogP contribution in [0.4, 0.5) is 10.2 Å². The first-order valence-electron chi connectivity index (χ1n) is 3.67. The molecule has 1 aliphatic heterocycles. The zero-order chi connectivity index (χ0) is 9.47. The number of nitrogens with zero attached hydrogens (tertiary/aromatic N) is 2. The van der Waals surface area contributed by atoms with E-state index in [-0.39, 0.29) is 29.9 Å². The summed E-state index contributed by atoms with van der Waals surface area (Å²) in [5, 5.41) is 0.0186. The number of ether oxygens (including phenoxy) is 1. The van der Waals surface area contributed by atoms with E-state index in [1.165, 1.54) is 6.20 Å². The van der Waals surface area contributed by atoms with Crippen LogP contribution in [0.25, 0.3) is 0 Å². The van der Waals surface area contributed by atoms with E-state index < -0.39 is 5.67 Å². The molecule has 2 N–H and O–H groups in total. The van der Waals surface area contributed by atoms with Crippen molar-refractivity contribution >= 4 is 17.4 Å². The molecule has 6 heteroatoms. The molecule has 2 rings (SSSR count). The monoisotopic (exact) mass is 203 g/mol. The predicted octanol–water partition coefficient (Wildman–Crippen LogP) is 0.907. The Bertz CT molecular complexity index is 343. The Hall–Kier alpha value is -0.940. The molecule has 0 radical (unpaired) electrons. The molecule has 1 aromatic heterocycles. The second kappa shape index (κ2) is 2.78. The van der Waals surface area contributed by atoms with Crippen molar-refractivity contribution in [3.63, 3.8) is 0 Å². The molecule has 13 heavy (non-hydrogen) atoms. The van der Waals surface area contributed by atoms with Gasteiger partial charge in [0.2, 0.25) is 5.28 Å². The van der Waals surface area contributed by atoms with Crippen LogP contribution in [-0.2, 0) is 10.4 Å². The molecule has 2 heterocycles. The maximum Gasteiger partial charge on any atom is 0.224 e. The first-order valence-corrected chi connectivity index (χ1v) is 4.05. The van der Waals surface area contributed by atoms with Crippen LogP contribution in [0.3, 0.4) is 0 Å². The summed E-state index contributed by atoms with van der Waals surface area (Å²) in [5.74, 6) is 0.0748. The number of rotatable bonds is 1. The number of nitrogens with two attached hydrogens (primary N) is 1. The van der Waals surface area contributed by atoms with Gasteiger partial charge in [-0.05, 0) is 11.6 Å². The fraction of sp³-hybridized carbons (Fsp3) is 0.429. The van der Waals surface area contributed by atoms with Crippen LogP contribution in [0.2, 0.25) is 5.28 Å². The SMILES string of the molecule is Nc1nc(Cl)ncc1C1(F)COC1. The topological polar surface area (TPSA) is 61.0 Å². The van der Waals surface area contributed by atoms with Crippen molar-refractivity contribution in [1.29, 1.82) is 0 Å². The average molecular weight is 204 g/mol. The number of hydrogen-bond acceptors (Lipinski definition) is 4. The first kappa shape index (κ1) is 8.65. The molecular weight excluding hydrogens is 197 g/mol. The van der Waals surface area contributed by atoms with E-state index in [1.54, 1.807) is 0 Å². The summed E-state index contributed by atoms with van der Waals surface area (Å²) in [7, 11) is 0. The van der Waals surface area contributed by atoms with E-state index in [9.17, 15) is 4.39 Å². The Labute approximate surface area is 78.9 Å². The van der Waals surface area contributed by atoms with Gasteiger partial charge in [0.1, 0.15) is 5.82 Å². The van der Waals surface area contributed by atoms with Gasteiger partial charge in [-0.2, -0.15) is 0 Å². The Balaban J connectivity index is 2.40. The van der Waals surface area contributed by atoms with E-state index >= 15 is 0 Å². The standard InChI is InChI=1S/C7H7ClFN3O/c8-6-11-1-4(5(10)12-6)7(9)2-13-3-7/h1H,2-3H2,(H2,10,11,12). The fourth-order valence-corrected chi connectivity index (χ4v) is 1.29. The third-order valence-corrected chi connectivity index (χ3v) is 2.12. The minimum Gasteiger partial charge on any atom is -0.383 e. The molecule has 0 saturated carbocycles. The van der Waals surface area contributed by atoms with E-state index in [0.717, 1.165) is 0 Å². The van der Waals surface area contributed by atoms with Crippen molar-refractivity contribution in [2.75, 3.05) is 18.9 Å². The molecule has 1 saturated heterocycles. The second-order valence-electron chi connectivity index (χ2n) is 2.90. The summed E-state index contributed by atoms with van der Waals surface area (Å²) >= 11 is 5.47. The Morgan fingerprint density at radius 1 is 1.62 bits per heavy atom. The maximum absolute atomic E-state index is 13.7. The maximum atomic E-state index is 13.7. The van der Waals surface area contributed by atoms with Crippen molar-refractivity contribution in [1.82, 2.24) is 9.97 Å². The summed E-state index contributed by atoms with van der Waals surface area (Å²) in [5.41, 5.74) is 4.21. The highest BCUT2D eigenvalue weighted by Gasteiger charge is 2.43. The van der Waals surface area contributed by atoms with Crippen molar-refractivity contribution in [2.24, 2.45) is 0 Å². The third-order valence-electron chi connectivity index (χ3n) is 1.93. The molecule has 0 bridgehead atoms. The van der Waals surface area contributed by atoms with Gasteiger partial charge in [0.15, 0.2) is 5.67 Å². The largest absolute Gasteiger partial charge is 0.383 e. The van der Waals surface area contributed by atoms with Gasteiger partial charge < -0.3 is 10.5 Å². The highest BCUT2D eigenvalue weighted by molar-refractivity contribution is 6.28. The molecule has 0 spiro atoms. The van der Waals surface area contributed by atoms with Gasteiger partial charge in [0.25, 0.3) is 0 Å². The lowest BCUT2D eigenvalue weighted by Gasteiger charge is -2.33. The van der Waals surface area contributed by atoms with Crippen molar-refractivity contribution < 1.29 is 9.13 Å². The van der Waals surface area contributed by atoms with Crippen LogP contribution in [0.1, 0.15) is 5.56 Å². The minimum atomic E-state index is -1.53. The number of anilines is 1. The van der Waals surface area contributed by atoms with E-state index in [4.69, 9.17) is 22.1 Å². The Morgan fingerprint density at radius 3 is 2.77 bits per heavy atom. The zero-order valence-electron chi connectivity index (χ0n) is 6.63. The van der Waals surface area contributed by atoms with Gasteiger partial charge in [-0.1, -0.05) is 0 Å². The van der Waals surface area contributed by atoms with Gasteiger partial charge in [0.05, 0.1) is 18.8 Å². The lowest BCUT2D eigenvalue weighted by molar-refractivity contribution is -0.135. The zero-order valence-corrected chi connectivity index (χ0v) is 7.38.